The summed E-state index contributed by atoms with van der Waals surface area (Å²) in [5, 5.41) is 8.59. The van der Waals surface area contributed by atoms with Gasteiger partial charge in [-0.3, -0.25) is 9.78 Å². The molecule has 0 bridgehead atoms. The second kappa shape index (κ2) is 4.73. The van der Waals surface area contributed by atoms with Gasteiger partial charge in [0.1, 0.15) is 0 Å². The first-order valence-corrected chi connectivity index (χ1v) is 4.32. The number of H-pyrrole nitrogens is 1. The predicted octanol–water partition coefficient (Wildman–Crippen LogP) is -1.62. The van der Waals surface area contributed by atoms with Crippen molar-refractivity contribution < 1.29 is 5.11 Å². The fraction of sp³-hybridized carbons (Fsp3) is 0.500. The highest BCUT2D eigenvalue weighted by Gasteiger charge is 2.02. The highest BCUT2D eigenvalue weighted by molar-refractivity contribution is 5.03. The minimum atomic E-state index is -0.472. The minimum Gasteiger partial charge on any atom is -0.396 e. The van der Waals surface area contributed by atoms with Crippen LogP contribution in [0.15, 0.2) is 15.8 Å². The van der Waals surface area contributed by atoms with Gasteiger partial charge in [0.2, 0.25) is 0 Å². The lowest BCUT2D eigenvalue weighted by molar-refractivity contribution is 0.278. The fourth-order valence-corrected chi connectivity index (χ4v) is 1.11. The van der Waals surface area contributed by atoms with Crippen molar-refractivity contribution in [1.29, 1.82) is 0 Å². The van der Waals surface area contributed by atoms with E-state index in [4.69, 9.17) is 10.8 Å². The zero-order valence-corrected chi connectivity index (χ0v) is 7.69. The molecule has 1 rings (SSSR count). The third kappa shape index (κ3) is 2.30. The van der Waals surface area contributed by atoms with Gasteiger partial charge in [0.25, 0.3) is 5.56 Å². The van der Waals surface area contributed by atoms with Crippen LogP contribution in [0.2, 0.25) is 0 Å². The summed E-state index contributed by atoms with van der Waals surface area (Å²) < 4.78 is 1.33. The SMILES string of the molecule is NCc1cn(CCCO)c(=O)[nH]c1=O. The van der Waals surface area contributed by atoms with Gasteiger partial charge in [-0.1, -0.05) is 0 Å². The van der Waals surface area contributed by atoms with E-state index in [9.17, 15) is 9.59 Å². The molecule has 0 aliphatic carbocycles. The number of aryl methyl sites for hydroxylation is 1. The Morgan fingerprint density at radius 2 is 2.21 bits per heavy atom. The summed E-state index contributed by atoms with van der Waals surface area (Å²) in [5.74, 6) is 0. The number of aliphatic hydroxyl groups excluding tert-OH is 1. The number of rotatable bonds is 4. The molecule has 0 aliphatic heterocycles. The van der Waals surface area contributed by atoms with Crippen molar-refractivity contribution in [1.82, 2.24) is 9.55 Å². The quantitative estimate of drug-likeness (QED) is 0.542. The van der Waals surface area contributed by atoms with Gasteiger partial charge in [-0.2, -0.15) is 0 Å². The maximum atomic E-state index is 11.2. The normalized spacial score (nSPS) is 10.4. The summed E-state index contributed by atoms with van der Waals surface area (Å²) in [6, 6.07) is 0. The molecule has 4 N–H and O–H groups in total. The first-order chi connectivity index (χ1) is 6.69. The van der Waals surface area contributed by atoms with Crippen LogP contribution in [0.3, 0.4) is 0 Å². The molecule has 14 heavy (non-hydrogen) atoms. The van der Waals surface area contributed by atoms with Gasteiger partial charge in [-0.15, -0.1) is 0 Å². The van der Waals surface area contributed by atoms with Crippen molar-refractivity contribution in [2.75, 3.05) is 6.61 Å². The summed E-state index contributed by atoms with van der Waals surface area (Å²) >= 11 is 0. The van der Waals surface area contributed by atoms with Gasteiger partial charge in [0.05, 0.1) is 0 Å². The molecule has 1 aromatic heterocycles. The average molecular weight is 199 g/mol. The Balaban J connectivity index is 3.05. The molecule has 0 fully saturated rings. The van der Waals surface area contributed by atoms with Crippen molar-refractivity contribution in [3.63, 3.8) is 0 Å². The number of nitrogens with zero attached hydrogens (tertiary/aromatic N) is 1. The molecule has 0 unspecified atom stereocenters. The zero-order valence-electron chi connectivity index (χ0n) is 7.69. The van der Waals surface area contributed by atoms with Gasteiger partial charge < -0.3 is 15.4 Å². The van der Waals surface area contributed by atoms with Gasteiger partial charge in [-0.25, -0.2) is 4.79 Å². The molecular formula is C8H13N3O3. The molecule has 0 amide bonds. The van der Waals surface area contributed by atoms with Crippen molar-refractivity contribution >= 4 is 0 Å². The molecule has 6 nitrogen and oxygen atoms in total. The van der Waals surface area contributed by atoms with Gasteiger partial charge in [-0.05, 0) is 6.42 Å². The molecule has 6 heteroatoms. The number of aromatic nitrogens is 2. The van der Waals surface area contributed by atoms with Crippen LogP contribution in [0.1, 0.15) is 12.0 Å². The molecule has 0 aromatic carbocycles. The predicted molar refractivity (Wildman–Crippen MR) is 50.9 cm³/mol. The van der Waals surface area contributed by atoms with Crippen LogP contribution in [0, 0.1) is 0 Å². The molecule has 0 saturated heterocycles. The maximum absolute atomic E-state index is 11.2. The number of nitrogens with two attached hydrogens (primary N) is 1. The van der Waals surface area contributed by atoms with E-state index >= 15 is 0 Å². The summed E-state index contributed by atoms with van der Waals surface area (Å²) in [7, 11) is 0. The van der Waals surface area contributed by atoms with E-state index in [-0.39, 0.29) is 13.2 Å². The molecule has 78 valence electrons. The molecular weight excluding hydrogens is 186 g/mol. The first kappa shape index (κ1) is 10.7. The van der Waals surface area contributed by atoms with Crippen LogP contribution in [-0.4, -0.2) is 21.3 Å². The lowest BCUT2D eigenvalue weighted by Gasteiger charge is -2.04. The summed E-state index contributed by atoms with van der Waals surface area (Å²) in [6.07, 6.45) is 1.90. The van der Waals surface area contributed by atoms with E-state index in [2.05, 4.69) is 4.98 Å². The Morgan fingerprint density at radius 3 is 2.79 bits per heavy atom. The highest BCUT2D eigenvalue weighted by atomic mass is 16.3. The van der Waals surface area contributed by atoms with E-state index in [0.29, 0.717) is 18.5 Å². The third-order valence-corrected chi connectivity index (χ3v) is 1.86. The Morgan fingerprint density at radius 1 is 1.50 bits per heavy atom. The molecule has 0 aliphatic rings. The summed E-state index contributed by atoms with van der Waals surface area (Å²) in [5.41, 5.74) is 4.76. The van der Waals surface area contributed by atoms with Crippen LogP contribution in [0.25, 0.3) is 0 Å². The average Bonchev–Trinajstić information content (AvgIpc) is 2.17. The zero-order chi connectivity index (χ0) is 10.6. The highest BCUT2D eigenvalue weighted by Crippen LogP contribution is 1.88. The van der Waals surface area contributed by atoms with Crippen molar-refractivity contribution in [3.05, 3.63) is 32.6 Å². The topological polar surface area (TPSA) is 101 Å². The third-order valence-electron chi connectivity index (χ3n) is 1.86. The van der Waals surface area contributed by atoms with Gasteiger partial charge >= 0.3 is 5.69 Å². The van der Waals surface area contributed by atoms with Crippen LogP contribution >= 0.6 is 0 Å². The molecule has 1 aromatic rings. The summed E-state index contributed by atoms with van der Waals surface area (Å²) in [4.78, 5) is 24.5. The van der Waals surface area contributed by atoms with Crippen LogP contribution in [0.4, 0.5) is 0 Å². The van der Waals surface area contributed by atoms with E-state index in [0.717, 1.165) is 0 Å². The van der Waals surface area contributed by atoms with Crippen LogP contribution in [0.5, 0.6) is 0 Å². The molecule has 0 atom stereocenters. The number of hydrogen-bond acceptors (Lipinski definition) is 4. The van der Waals surface area contributed by atoms with E-state index < -0.39 is 11.2 Å². The lowest BCUT2D eigenvalue weighted by atomic mass is 10.3. The van der Waals surface area contributed by atoms with E-state index in [1.54, 1.807) is 0 Å². The maximum Gasteiger partial charge on any atom is 0.328 e. The van der Waals surface area contributed by atoms with Crippen molar-refractivity contribution in [2.45, 2.75) is 19.5 Å². The number of nitrogens with one attached hydrogen (secondary N) is 1. The monoisotopic (exact) mass is 199 g/mol. The second-order valence-corrected chi connectivity index (χ2v) is 2.89. The van der Waals surface area contributed by atoms with Crippen molar-refractivity contribution in [2.24, 2.45) is 5.73 Å². The van der Waals surface area contributed by atoms with Crippen LogP contribution < -0.4 is 17.0 Å². The minimum absolute atomic E-state index is 0.00350. The molecule has 0 saturated carbocycles. The Labute approximate surface area is 80.0 Å². The number of aromatic amines is 1. The standard InChI is InChI=1S/C8H13N3O3/c9-4-6-5-11(2-1-3-12)8(14)10-7(6)13/h5,12H,1-4,9H2,(H,10,13,14). The molecule has 0 radical (unpaired) electrons. The van der Waals surface area contributed by atoms with Crippen LogP contribution in [-0.2, 0) is 13.1 Å². The van der Waals surface area contributed by atoms with E-state index in [1.807, 2.05) is 0 Å². The Hall–Kier alpha value is -1.40. The number of hydrogen-bond donors (Lipinski definition) is 3. The molecule has 0 spiro atoms. The van der Waals surface area contributed by atoms with Gasteiger partial charge in [0.15, 0.2) is 0 Å². The Bertz CT molecular complexity index is 407. The van der Waals surface area contributed by atoms with Gasteiger partial charge in [0, 0.05) is 31.5 Å². The van der Waals surface area contributed by atoms with Crippen molar-refractivity contribution in [3.8, 4) is 0 Å². The summed E-state index contributed by atoms with van der Waals surface area (Å²) in [6.45, 7) is 0.470. The second-order valence-electron chi connectivity index (χ2n) is 2.89. The first-order valence-electron chi connectivity index (χ1n) is 4.32. The van der Waals surface area contributed by atoms with E-state index in [1.165, 1.54) is 10.8 Å². The smallest absolute Gasteiger partial charge is 0.328 e. The Kier molecular flexibility index (Phi) is 3.61. The largest absolute Gasteiger partial charge is 0.396 e. The lowest BCUT2D eigenvalue weighted by Crippen LogP contribution is -2.32. The fourth-order valence-electron chi connectivity index (χ4n) is 1.11. The number of aliphatic hydroxyl groups is 1. The molecule has 1 heterocycles.